The van der Waals surface area contributed by atoms with Crippen LogP contribution in [0.3, 0.4) is 0 Å². The summed E-state index contributed by atoms with van der Waals surface area (Å²) in [5, 5.41) is 0. The smallest absolute Gasteiger partial charge is 0.141 e. The second-order valence-corrected chi connectivity index (χ2v) is 4.36. The first-order chi connectivity index (χ1) is 7.31. The molecule has 0 radical (unpaired) electrons. The summed E-state index contributed by atoms with van der Waals surface area (Å²) in [4.78, 5) is 4.38. The monoisotopic (exact) mass is 205 g/mol. The van der Waals surface area contributed by atoms with Gasteiger partial charge in [0.05, 0.1) is 11.8 Å². The molecule has 0 bridgehead atoms. The lowest BCUT2D eigenvalue weighted by atomic mass is 10.2. The molecule has 15 heavy (non-hydrogen) atoms. The van der Waals surface area contributed by atoms with E-state index >= 15 is 0 Å². The SMILES string of the molecule is CCCc1ncccc1OC(C)C1CC1. The molecular formula is C13H19NO. The minimum absolute atomic E-state index is 0.352. The summed E-state index contributed by atoms with van der Waals surface area (Å²) in [5.74, 6) is 1.76. The van der Waals surface area contributed by atoms with E-state index in [0.717, 1.165) is 30.2 Å². The highest BCUT2D eigenvalue weighted by Crippen LogP contribution is 2.35. The van der Waals surface area contributed by atoms with Crippen molar-refractivity contribution >= 4 is 0 Å². The highest BCUT2D eigenvalue weighted by molar-refractivity contribution is 5.27. The molecule has 0 saturated heterocycles. The van der Waals surface area contributed by atoms with E-state index in [2.05, 4.69) is 18.8 Å². The van der Waals surface area contributed by atoms with E-state index in [-0.39, 0.29) is 0 Å². The Morgan fingerprint density at radius 2 is 2.33 bits per heavy atom. The largest absolute Gasteiger partial charge is 0.489 e. The Labute approximate surface area is 91.7 Å². The van der Waals surface area contributed by atoms with E-state index in [9.17, 15) is 0 Å². The molecule has 1 aromatic heterocycles. The molecule has 1 unspecified atom stereocenters. The molecule has 1 aliphatic rings. The van der Waals surface area contributed by atoms with Gasteiger partial charge in [0.2, 0.25) is 0 Å². The van der Waals surface area contributed by atoms with Crippen LogP contribution >= 0.6 is 0 Å². The predicted molar refractivity (Wildman–Crippen MR) is 61.0 cm³/mol. The molecule has 1 aliphatic carbocycles. The molecule has 82 valence electrons. The molecule has 2 heteroatoms. The molecule has 0 aliphatic heterocycles. The predicted octanol–water partition coefficient (Wildman–Crippen LogP) is 3.21. The van der Waals surface area contributed by atoms with Crippen molar-refractivity contribution in [1.29, 1.82) is 0 Å². The summed E-state index contributed by atoms with van der Waals surface area (Å²) in [6, 6.07) is 3.99. The molecule has 1 atom stereocenters. The van der Waals surface area contributed by atoms with Crippen molar-refractivity contribution in [1.82, 2.24) is 4.98 Å². The molecular weight excluding hydrogens is 186 g/mol. The zero-order valence-electron chi connectivity index (χ0n) is 9.57. The van der Waals surface area contributed by atoms with Crippen LogP contribution in [0, 0.1) is 5.92 Å². The van der Waals surface area contributed by atoms with Crippen molar-refractivity contribution in [2.75, 3.05) is 0 Å². The van der Waals surface area contributed by atoms with Crippen LogP contribution < -0.4 is 4.74 Å². The Kier molecular flexibility index (Phi) is 3.24. The van der Waals surface area contributed by atoms with Gasteiger partial charge in [0.25, 0.3) is 0 Å². The van der Waals surface area contributed by atoms with Crippen LogP contribution in [-0.2, 0) is 6.42 Å². The van der Waals surface area contributed by atoms with Crippen LogP contribution in [0.15, 0.2) is 18.3 Å². The molecule has 1 fully saturated rings. The Morgan fingerprint density at radius 1 is 1.53 bits per heavy atom. The van der Waals surface area contributed by atoms with E-state index in [1.165, 1.54) is 12.8 Å². The zero-order valence-corrected chi connectivity index (χ0v) is 9.57. The van der Waals surface area contributed by atoms with Crippen molar-refractivity contribution in [2.45, 2.75) is 45.6 Å². The van der Waals surface area contributed by atoms with Crippen LogP contribution in [0.1, 0.15) is 38.8 Å². The average Bonchev–Trinajstić information content (AvgIpc) is 3.04. The molecule has 0 aromatic carbocycles. The minimum atomic E-state index is 0.352. The van der Waals surface area contributed by atoms with Gasteiger partial charge in [-0.2, -0.15) is 0 Å². The summed E-state index contributed by atoms with van der Waals surface area (Å²) in [6.45, 7) is 4.34. The third-order valence-electron chi connectivity index (χ3n) is 2.93. The van der Waals surface area contributed by atoms with Crippen LogP contribution in [0.25, 0.3) is 0 Å². The van der Waals surface area contributed by atoms with Crippen molar-refractivity contribution < 1.29 is 4.74 Å². The molecule has 2 rings (SSSR count). The third-order valence-corrected chi connectivity index (χ3v) is 2.93. The van der Waals surface area contributed by atoms with E-state index in [1.54, 1.807) is 0 Å². The first-order valence-corrected chi connectivity index (χ1v) is 5.91. The van der Waals surface area contributed by atoms with E-state index < -0.39 is 0 Å². The van der Waals surface area contributed by atoms with Gasteiger partial charge in [-0.1, -0.05) is 13.3 Å². The number of aryl methyl sites for hydroxylation is 1. The molecule has 0 spiro atoms. The maximum absolute atomic E-state index is 5.96. The Morgan fingerprint density at radius 3 is 3.00 bits per heavy atom. The standard InChI is InChI=1S/C13H19NO/c1-3-5-12-13(6-4-9-14-12)15-10(2)11-7-8-11/h4,6,9-11H,3,5,7-8H2,1-2H3. The molecule has 2 nitrogen and oxygen atoms in total. The maximum Gasteiger partial charge on any atom is 0.141 e. The second-order valence-electron chi connectivity index (χ2n) is 4.36. The molecule has 1 aromatic rings. The van der Waals surface area contributed by atoms with Gasteiger partial charge < -0.3 is 4.74 Å². The highest BCUT2D eigenvalue weighted by atomic mass is 16.5. The number of pyridine rings is 1. The van der Waals surface area contributed by atoms with Crippen LogP contribution in [0.2, 0.25) is 0 Å². The number of nitrogens with zero attached hydrogens (tertiary/aromatic N) is 1. The average molecular weight is 205 g/mol. The lowest BCUT2D eigenvalue weighted by Crippen LogP contribution is -2.15. The van der Waals surface area contributed by atoms with Gasteiger partial charge in [-0.15, -0.1) is 0 Å². The van der Waals surface area contributed by atoms with Crippen LogP contribution in [0.4, 0.5) is 0 Å². The summed E-state index contributed by atoms with van der Waals surface area (Å²) < 4.78 is 5.96. The summed E-state index contributed by atoms with van der Waals surface area (Å²) in [7, 11) is 0. The van der Waals surface area contributed by atoms with Crippen molar-refractivity contribution in [2.24, 2.45) is 5.92 Å². The van der Waals surface area contributed by atoms with Gasteiger partial charge in [-0.3, -0.25) is 4.98 Å². The van der Waals surface area contributed by atoms with Crippen molar-refractivity contribution in [3.05, 3.63) is 24.0 Å². The fourth-order valence-corrected chi connectivity index (χ4v) is 1.82. The van der Waals surface area contributed by atoms with Gasteiger partial charge >= 0.3 is 0 Å². The van der Waals surface area contributed by atoms with Gasteiger partial charge in [-0.25, -0.2) is 0 Å². The minimum Gasteiger partial charge on any atom is -0.489 e. The molecule has 0 N–H and O–H groups in total. The summed E-state index contributed by atoms with van der Waals surface area (Å²) in [5.41, 5.74) is 1.10. The third kappa shape index (κ3) is 2.71. The first kappa shape index (κ1) is 10.5. The quantitative estimate of drug-likeness (QED) is 0.736. The Balaban J connectivity index is 2.04. The zero-order chi connectivity index (χ0) is 10.7. The molecule has 1 heterocycles. The maximum atomic E-state index is 5.96. The number of aromatic nitrogens is 1. The Bertz CT molecular complexity index is 320. The number of hydrogen-bond donors (Lipinski definition) is 0. The van der Waals surface area contributed by atoms with Crippen molar-refractivity contribution in [3.63, 3.8) is 0 Å². The van der Waals surface area contributed by atoms with Gasteiger partial charge in [-0.05, 0) is 44.2 Å². The van der Waals surface area contributed by atoms with Gasteiger partial charge in [0.1, 0.15) is 5.75 Å². The van der Waals surface area contributed by atoms with E-state index in [1.807, 2.05) is 18.3 Å². The van der Waals surface area contributed by atoms with Gasteiger partial charge in [0, 0.05) is 6.20 Å². The van der Waals surface area contributed by atoms with Gasteiger partial charge in [0.15, 0.2) is 0 Å². The van der Waals surface area contributed by atoms with E-state index in [4.69, 9.17) is 4.74 Å². The van der Waals surface area contributed by atoms with Crippen LogP contribution in [-0.4, -0.2) is 11.1 Å². The lowest BCUT2D eigenvalue weighted by molar-refractivity contribution is 0.195. The topological polar surface area (TPSA) is 22.1 Å². The molecule has 1 saturated carbocycles. The van der Waals surface area contributed by atoms with Crippen molar-refractivity contribution in [3.8, 4) is 5.75 Å². The number of ether oxygens (including phenoxy) is 1. The fraction of sp³-hybridized carbons (Fsp3) is 0.615. The number of hydrogen-bond acceptors (Lipinski definition) is 2. The van der Waals surface area contributed by atoms with Crippen LogP contribution in [0.5, 0.6) is 5.75 Å². The second kappa shape index (κ2) is 4.65. The Hall–Kier alpha value is -1.05. The lowest BCUT2D eigenvalue weighted by Gasteiger charge is -2.15. The summed E-state index contributed by atoms with van der Waals surface area (Å²) in [6.07, 6.45) is 6.97. The normalized spacial score (nSPS) is 17.5. The van der Waals surface area contributed by atoms with E-state index in [0.29, 0.717) is 6.10 Å². The fourth-order valence-electron chi connectivity index (χ4n) is 1.82. The number of rotatable bonds is 5. The first-order valence-electron chi connectivity index (χ1n) is 5.91. The highest BCUT2D eigenvalue weighted by Gasteiger charge is 2.29. The summed E-state index contributed by atoms with van der Waals surface area (Å²) >= 11 is 0. The molecule has 0 amide bonds.